The van der Waals surface area contributed by atoms with E-state index in [4.69, 9.17) is 11.6 Å². The summed E-state index contributed by atoms with van der Waals surface area (Å²) in [7, 11) is 1.29. The van der Waals surface area contributed by atoms with Crippen LogP contribution in [0.2, 0.25) is 5.02 Å². The van der Waals surface area contributed by atoms with Crippen molar-refractivity contribution in [1.82, 2.24) is 4.98 Å². The predicted molar refractivity (Wildman–Crippen MR) is 77.6 cm³/mol. The van der Waals surface area contributed by atoms with E-state index in [0.717, 1.165) is 0 Å². The predicted octanol–water partition coefficient (Wildman–Crippen LogP) is 2.98. The topological polar surface area (TPSA) is 97.3 Å². The van der Waals surface area contributed by atoms with Gasteiger partial charge in [-0.25, -0.2) is 4.79 Å². The van der Waals surface area contributed by atoms with Crippen LogP contribution in [-0.2, 0) is 11.3 Å². The molecule has 0 aliphatic rings. The number of nitro benzene ring substituents is 1. The molecule has 7 nitrogen and oxygen atoms in total. The largest absolute Gasteiger partial charge is 0.464 e. The summed E-state index contributed by atoms with van der Waals surface area (Å²) in [6.07, 6.45) is 0. The number of H-pyrrole nitrogens is 1. The van der Waals surface area contributed by atoms with Crippen LogP contribution in [-0.4, -0.2) is 23.0 Å². The number of aromatic amines is 1. The molecule has 2 rings (SSSR count). The average Bonchev–Trinajstić information content (AvgIpc) is 2.93. The maximum Gasteiger partial charge on any atom is 0.354 e. The number of nitro groups is 1. The average molecular weight is 310 g/mol. The molecule has 0 aliphatic carbocycles. The van der Waals surface area contributed by atoms with Crippen molar-refractivity contribution in [3.8, 4) is 0 Å². The number of halogens is 1. The van der Waals surface area contributed by atoms with Crippen molar-refractivity contribution in [2.24, 2.45) is 0 Å². The number of aromatic nitrogens is 1. The smallest absolute Gasteiger partial charge is 0.354 e. The third-order valence-electron chi connectivity index (χ3n) is 2.78. The van der Waals surface area contributed by atoms with Gasteiger partial charge in [-0.3, -0.25) is 10.1 Å². The highest BCUT2D eigenvalue weighted by atomic mass is 35.5. The number of anilines is 1. The zero-order valence-corrected chi connectivity index (χ0v) is 11.8. The molecule has 0 saturated heterocycles. The Morgan fingerprint density at radius 2 is 2.19 bits per heavy atom. The van der Waals surface area contributed by atoms with Crippen molar-refractivity contribution in [1.29, 1.82) is 0 Å². The second kappa shape index (κ2) is 6.27. The lowest BCUT2D eigenvalue weighted by molar-refractivity contribution is -0.383. The van der Waals surface area contributed by atoms with Gasteiger partial charge in [-0.15, -0.1) is 0 Å². The molecular weight excluding hydrogens is 298 g/mol. The van der Waals surface area contributed by atoms with E-state index in [1.807, 2.05) is 0 Å². The second-order valence-electron chi connectivity index (χ2n) is 4.16. The maximum absolute atomic E-state index is 11.3. The number of nitrogens with zero attached hydrogens (tertiary/aromatic N) is 1. The number of ether oxygens (including phenoxy) is 1. The first-order chi connectivity index (χ1) is 10.0. The van der Waals surface area contributed by atoms with Gasteiger partial charge < -0.3 is 15.0 Å². The molecule has 2 N–H and O–H groups in total. The molecular formula is C13H12ClN3O4. The zero-order chi connectivity index (χ0) is 15.4. The minimum absolute atomic E-state index is 0.109. The Morgan fingerprint density at radius 3 is 2.86 bits per heavy atom. The first-order valence-electron chi connectivity index (χ1n) is 5.95. The van der Waals surface area contributed by atoms with E-state index >= 15 is 0 Å². The summed E-state index contributed by atoms with van der Waals surface area (Å²) in [5.74, 6) is -0.473. The molecule has 0 bridgehead atoms. The van der Waals surface area contributed by atoms with Gasteiger partial charge in [0.15, 0.2) is 0 Å². The summed E-state index contributed by atoms with van der Waals surface area (Å²) in [6.45, 7) is 0.291. The van der Waals surface area contributed by atoms with E-state index < -0.39 is 10.9 Å². The molecule has 0 amide bonds. The number of esters is 1. The molecule has 21 heavy (non-hydrogen) atoms. The molecule has 0 atom stereocenters. The van der Waals surface area contributed by atoms with Crippen LogP contribution in [0.4, 0.5) is 11.4 Å². The van der Waals surface area contributed by atoms with Crippen LogP contribution in [0.5, 0.6) is 0 Å². The molecule has 0 unspecified atom stereocenters. The molecule has 2 aromatic rings. The summed E-state index contributed by atoms with van der Waals surface area (Å²) < 4.78 is 4.58. The molecule has 1 aromatic carbocycles. The molecule has 8 heteroatoms. The first-order valence-corrected chi connectivity index (χ1v) is 6.33. The summed E-state index contributed by atoms with van der Waals surface area (Å²) in [5, 5.41) is 14.2. The van der Waals surface area contributed by atoms with Gasteiger partial charge in [-0.2, -0.15) is 0 Å². The molecule has 1 aromatic heterocycles. The van der Waals surface area contributed by atoms with Gasteiger partial charge >= 0.3 is 5.97 Å². The van der Waals surface area contributed by atoms with Crippen molar-refractivity contribution in [2.45, 2.75) is 6.54 Å². The SMILES string of the molecule is COC(=O)c1ccc(CNc2ccc(Cl)cc2[N+](=O)[O-])[nH]1. The van der Waals surface area contributed by atoms with Crippen LogP contribution in [0.25, 0.3) is 0 Å². The minimum Gasteiger partial charge on any atom is -0.464 e. The normalized spacial score (nSPS) is 10.2. The quantitative estimate of drug-likeness (QED) is 0.502. The third kappa shape index (κ3) is 3.51. The second-order valence-corrected chi connectivity index (χ2v) is 4.60. The van der Waals surface area contributed by atoms with Gasteiger partial charge in [0.25, 0.3) is 5.69 Å². The number of hydrogen-bond acceptors (Lipinski definition) is 5. The minimum atomic E-state index is -0.511. The van der Waals surface area contributed by atoms with Crippen molar-refractivity contribution in [3.05, 3.63) is 56.9 Å². The number of nitrogens with one attached hydrogen (secondary N) is 2. The van der Waals surface area contributed by atoms with Crippen LogP contribution in [0.15, 0.2) is 30.3 Å². The monoisotopic (exact) mass is 309 g/mol. The fourth-order valence-electron chi connectivity index (χ4n) is 1.77. The van der Waals surface area contributed by atoms with Crippen molar-refractivity contribution in [3.63, 3.8) is 0 Å². The number of carbonyl (C=O) groups is 1. The molecule has 0 radical (unpaired) electrons. The fourth-order valence-corrected chi connectivity index (χ4v) is 1.93. The van der Waals surface area contributed by atoms with Crippen molar-refractivity contribution in [2.75, 3.05) is 12.4 Å². The van der Waals surface area contributed by atoms with Gasteiger partial charge in [0.1, 0.15) is 11.4 Å². The van der Waals surface area contributed by atoms with Crippen LogP contribution in [0, 0.1) is 10.1 Å². The highest BCUT2D eigenvalue weighted by molar-refractivity contribution is 6.30. The number of benzene rings is 1. The third-order valence-corrected chi connectivity index (χ3v) is 3.01. The number of methoxy groups -OCH3 is 1. The molecule has 0 spiro atoms. The number of hydrogen-bond donors (Lipinski definition) is 2. The Balaban J connectivity index is 2.11. The lowest BCUT2D eigenvalue weighted by Gasteiger charge is -2.06. The Bertz CT molecular complexity index is 684. The zero-order valence-electron chi connectivity index (χ0n) is 11.1. The molecule has 0 saturated carbocycles. The van der Waals surface area contributed by atoms with Crippen molar-refractivity contribution < 1.29 is 14.5 Å². The van der Waals surface area contributed by atoms with E-state index in [9.17, 15) is 14.9 Å². The Kier molecular flexibility index (Phi) is 4.44. The molecule has 1 heterocycles. The molecule has 0 aliphatic heterocycles. The van der Waals surface area contributed by atoms with Crippen LogP contribution < -0.4 is 5.32 Å². The molecule has 0 fully saturated rings. The van der Waals surface area contributed by atoms with E-state index in [-0.39, 0.29) is 5.69 Å². The van der Waals surface area contributed by atoms with E-state index in [1.54, 1.807) is 18.2 Å². The summed E-state index contributed by atoms with van der Waals surface area (Å²) in [6, 6.07) is 7.65. The number of rotatable bonds is 5. The van der Waals surface area contributed by atoms with Gasteiger partial charge in [0, 0.05) is 16.8 Å². The highest BCUT2D eigenvalue weighted by Gasteiger charge is 2.14. The fraction of sp³-hybridized carbons (Fsp3) is 0.154. The van der Waals surface area contributed by atoms with Crippen LogP contribution in [0.1, 0.15) is 16.2 Å². The van der Waals surface area contributed by atoms with E-state index in [1.165, 1.54) is 19.2 Å². The lowest BCUT2D eigenvalue weighted by atomic mass is 10.2. The summed E-state index contributed by atoms with van der Waals surface area (Å²) in [4.78, 5) is 24.6. The summed E-state index contributed by atoms with van der Waals surface area (Å²) in [5.41, 5.74) is 1.25. The van der Waals surface area contributed by atoms with Crippen molar-refractivity contribution >= 4 is 28.9 Å². The van der Waals surface area contributed by atoms with Crippen LogP contribution in [0.3, 0.4) is 0 Å². The highest BCUT2D eigenvalue weighted by Crippen LogP contribution is 2.28. The van der Waals surface area contributed by atoms with Crippen LogP contribution >= 0.6 is 11.6 Å². The Labute approximate surface area is 125 Å². The van der Waals surface area contributed by atoms with Gasteiger partial charge in [-0.05, 0) is 24.3 Å². The Morgan fingerprint density at radius 1 is 1.43 bits per heavy atom. The van der Waals surface area contributed by atoms with E-state index in [0.29, 0.717) is 28.6 Å². The lowest BCUT2D eigenvalue weighted by Crippen LogP contribution is -2.05. The first kappa shape index (κ1) is 14.9. The Hall–Kier alpha value is -2.54. The van der Waals surface area contributed by atoms with Gasteiger partial charge in [0.05, 0.1) is 18.6 Å². The standard InChI is InChI=1S/C13H12ClN3O4/c1-21-13(18)11-5-3-9(16-11)7-15-10-4-2-8(14)6-12(10)17(19)20/h2-6,15-16H,7H2,1H3. The number of carbonyl (C=O) groups excluding carboxylic acids is 1. The maximum atomic E-state index is 11.3. The van der Waals surface area contributed by atoms with E-state index in [2.05, 4.69) is 15.0 Å². The summed E-state index contributed by atoms with van der Waals surface area (Å²) >= 11 is 5.74. The van der Waals surface area contributed by atoms with Gasteiger partial charge in [0.2, 0.25) is 0 Å². The van der Waals surface area contributed by atoms with Gasteiger partial charge in [-0.1, -0.05) is 11.6 Å². The molecule has 110 valence electrons.